The minimum Gasteiger partial charge on any atom is -0.400 e. The van der Waals surface area contributed by atoms with Crippen molar-refractivity contribution in [3.63, 3.8) is 0 Å². The lowest BCUT2D eigenvalue weighted by Crippen LogP contribution is -2.04. The third kappa shape index (κ3) is 1.68. The van der Waals surface area contributed by atoms with Crippen molar-refractivity contribution in [1.29, 1.82) is 0 Å². The topological polar surface area (TPSA) is 77.5 Å². The number of aromatic amines is 1. The molecule has 2 rings (SSSR count). The van der Waals surface area contributed by atoms with Crippen molar-refractivity contribution in [2.75, 3.05) is 7.11 Å². The smallest absolute Gasteiger partial charge is 0.256 e. The zero-order valence-corrected chi connectivity index (χ0v) is 6.78. The van der Waals surface area contributed by atoms with Crippen molar-refractivity contribution in [2.24, 2.45) is 0 Å². The molecule has 5 nitrogen and oxygen atoms in total. The molecule has 66 valence electrons. The molecule has 0 saturated heterocycles. The van der Waals surface area contributed by atoms with Crippen molar-refractivity contribution in [3.8, 4) is 0 Å². The van der Waals surface area contributed by atoms with Gasteiger partial charge in [0.15, 0.2) is 11.4 Å². The van der Waals surface area contributed by atoms with E-state index < -0.39 is 0 Å². The van der Waals surface area contributed by atoms with Gasteiger partial charge in [0.1, 0.15) is 0 Å². The van der Waals surface area contributed by atoms with Gasteiger partial charge >= 0.3 is 0 Å². The highest BCUT2D eigenvalue weighted by Crippen LogP contribution is 2.39. The molecule has 0 bridgehead atoms. The lowest BCUT2D eigenvalue weighted by atomic mass is 10.2. The van der Waals surface area contributed by atoms with E-state index in [1.165, 1.54) is 0 Å². The summed E-state index contributed by atoms with van der Waals surface area (Å²) in [6.45, 7) is 0. The van der Waals surface area contributed by atoms with Crippen LogP contribution in [0.3, 0.4) is 0 Å². The minimum absolute atomic E-state index is 0.468. The van der Waals surface area contributed by atoms with Crippen LogP contribution in [0.5, 0.6) is 0 Å². The third-order valence-electron chi connectivity index (χ3n) is 1.66. The van der Waals surface area contributed by atoms with E-state index in [-0.39, 0.29) is 0 Å². The minimum atomic E-state index is 0.468. The van der Waals surface area contributed by atoms with Crippen LogP contribution in [-0.2, 0) is 0 Å². The maximum atomic E-state index is 10.3. The predicted octanol–water partition coefficient (Wildman–Crippen LogP) is -0.213. The number of aliphatic hydroxyl groups excluding tert-OH is 1. The van der Waals surface area contributed by atoms with Crippen molar-refractivity contribution in [2.45, 2.75) is 18.8 Å². The Kier molecular flexibility index (Phi) is 2.93. The van der Waals surface area contributed by atoms with Gasteiger partial charge < -0.3 is 5.11 Å². The summed E-state index contributed by atoms with van der Waals surface area (Å²) >= 11 is 0. The number of H-pyrrole nitrogens is 1. The Morgan fingerprint density at radius 3 is 2.83 bits per heavy atom. The van der Waals surface area contributed by atoms with Gasteiger partial charge in [0.2, 0.25) is 0 Å². The average Bonchev–Trinajstić information content (AvgIpc) is 2.88. The molecular formula is C7H11N2O3+. The lowest BCUT2D eigenvalue weighted by Gasteiger charge is -1.74. The van der Waals surface area contributed by atoms with Crippen LogP contribution >= 0.6 is 0 Å². The first-order chi connectivity index (χ1) is 5.92. The number of hydrogen-bond acceptors (Lipinski definition) is 4. The first-order valence-corrected chi connectivity index (χ1v) is 3.69. The maximum absolute atomic E-state index is 10.3. The van der Waals surface area contributed by atoms with Crippen LogP contribution in [0, 0.1) is 0 Å². The quantitative estimate of drug-likeness (QED) is 0.624. The molecule has 1 fully saturated rings. The number of hydrogen-bond donors (Lipinski definition) is 1. The van der Waals surface area contributed by atoms with Gasteiger partial charge in [-0.3, -0.25) is 4.79 Å². The predicted molar refractivity (Wildman–Crippen MR) is 38.6 cm³/mol. The van der Waals surface area contributed by atoms with Crippen LogP contribution in [0.1, 0.15) is 34.9 Å². The third-order valence-corrected chi connectivity index (χ3v) is 1.66. The van der Waals surface area contributed by atoms with Gasteiger partial charge in [-0.05, 0) is 12.8 Å². The van der Waals surface area contributed by atoms with Gasteiger partial charge in [0.25, 0.3) is 11.4 Å². The molecule has 1 aromatic heterocycles. The summed E-state index contributed by atoms with van der Waals surface area (Å²) < 4.78 is 4.53. The molecule has 0 aliphatic heterocycles. The highest BCUT2D eigenvalue weighted by Gasteiger charge is 2.35. The van der Waals surface area contributed by atoms with Crippen molar-refractivity contribution in [3.05, 3.63) is 11.4 Å². The first kappa shape index (κ1) is 8.86. The summed E-state index contributed by atoms with van der Waals surface area (Å²) in [6.07, 6.45) is 2.99. The molecule has 1 aliphatic rings. The van der Waals surface area contributed by atoms with Crippen LogP contribution in [0.2, 0.25) is 0 Å². The molecule has 0 unspecified atom stereocenters. The van der Waals surface area contributed by atoms with Crippen LogP contribution in [-0.4, -0.2) is 23.7 Å². The lowest BCUT2D eigenvalue weighted by molar-refractivity contribution is -0.624. The van der Waals surface area contributed by atoms with E-state index in [2.05, 4.69) is 14.9 Å². The van der Waals surface area contributed by atoms with E-state index >= 15 is 0 Å². The van der Waals surface area contributed by atoms with E-state index in [0.717, 1.165) is 31.9 Å². The van der Waals surface area contributed by atoms with Crippen LogP contribution in [0.4, 0.5) is 0 Å². The number of nitrogens with zero attached hydrogens (tertiary/aromatic N) is 1. The summed E-state index contributed by atoms with van der Waals surface area (Å²) in [7, 11) is 1.00. The summed E-state index contributed by atoms with van der Waals surface area (Å²) in [5, 5.41) is 13.1. The zero-order valence-electron chi connectivity index (χ0n) is 6.78. The number of carbonyl (C=O) groups excluding carboxylic acids is 1. The van der Waals surface area contributed by atoms with Gasteiger partial charge in [0, 0.05) is 13.0 Å². The fourth-order valence-corrected chi connectivity index (χ4v) is 0.958. The maximum Gasteiger partial charge on any atom is 0.256 e. The van der Waals surface area contributed by atoms with E-state index in [4.69, 9.17) is 5.11 Å². The standard InChI is InChI=1S/C6H6N2O2.CH4O/c9-3-5-6(4-1-2-4)8-10-7-5;1-2/h3-4H,1-2H2;2H,1H3/p+1. The van der Waals surface area contributed by atoms with E-state index in [1.54, 1.807) is 0 Å². The summed E-state index contributed by atoms with van der Waals surface area (Å²) in [5.74, 6) is 0.468. The van der Waals surface area contributed by atoms with Crippen molar-refractivity contribution >= 4 is 6.29 Å². The summed E-state index contributed by atoms with van der Waals surface area (Å²) in [5.41, 5.74) is 1.28. The molecule has 1 aliphatic carbocycles. The Balaban J connectivity index is 0.000000336. The Morgan fingerprint density at radius 1 is 1.67 bits per heavy atom. The van der Waals surface area contributed by atoms with Crippen LogP contribution in [0.25, 0.3) is 0 Å². The van der Waals surface area contributed by atoms with Gasteiger partial charge in [0.05, 0.1) is 0 Å². The number of aromatic nitrogens is 2. The number of rotatable bonds is 2. The summed E-state index contributed by atoms with van der Waals surface area (Å²) in [6, 6.07) is 0. The molecule has 0 amide bonds. The molecule has 0 aromatic carbocycles. The Morgan fingerprint density at radius 2 is 2.33 bits per heavy atom. The zero-order chi connectivity index (χ0) is 8.97. The first-order valence-electron chi connectivity index (χ1n) is 3.69. The van der Waals surface area contributed by atoms with Gasteiger partial charge in [-0.1, -0.05) is 9.79 Å². The normalized spacial score (nSPS) is 14.8. The number of aliphatic hydroxyl groups is 1. The Hall–Kier alpha value is -1.23. The highest BCUT2D eigenvalue weighted by atomic mass is 16.6. The molecule has 1 saturated carbocycles. The fraction of sp³-hybridized carbons (Fsp3) is 0.571. The van der Waals surface area contributed by atoms with E-state index in [9.17, 15) is 4.79 Å². The number of carbonyl (C=O) groups is 1. The molecular weight excluding hydrogens is 160 g/mol. The van der Waals surface area contributed by atoms with E-state index in [0.29, 0.717) is 11.6 Å². The van der Waals surface area contributed by atoms with Gasteiger partial charge in [-0.15, -0.1) is 0 Å². The second-order valence-electron chi connectivity index (χ2n) is 2.48. The molecule has 12 heavy (non-hydrogen) atoms. The van der Waals surface area contributed by atoms with Gasteiger partial charge in [-0.25, -0.2) is 0 Å². The molecule has 0 radical (unpaired) electrons. The molecule has 1 aromatic rings. The SMILES string of the molecule is CO.O=Cc1[nH+]onc1C1CC1. The van der Waals surface area contributed by atoms with E-state index in [1.807, 2.05) is 0 Å². The highest BCUT2D eigenvalue weighted by molar-refractivity contribution is 5.71. The fourth-order valence-electron chi connectivity index (χ4n) is 0.958. The molecule has 2 N–H and O–H groups in total. The monoisotopic (exact) mass is 171 g/mol. The molecule has 0 spiro atoms. The number of nitrogens with one attached hydrogen (secondary N) is 1. The molecule has 5 heteroatoms. The Labute approximate surface area is 69.3 Å². The van der Waals surface area contributed by atoms with Gasteiger partial charge in [-0.2, -0.15) is 0 Å². The van der Waals surface area contributed by atoms with Crippen LogP contribution in [0.15, 0.2) is 4.63 Å². The summed E-state index contributed by atoms with van der Waals surface area (Å²) in [4.78, 5) is 10.3. The van der Waals surface area contributed by atoms with Crippen LogP contribution < -0.4 is 5.16 Å². The van der Waals surface area contributed by atoms with Crippen molar-refractivity contribution < 1.29 is 19.7 Å². The molecule has 0 atom stereocenters. The Bertz CT molecular complexity index is 255. The molecule has 1 heterocycles. The number of aldehydes is 1. The second-order valence-corrected chi connectivity index (χ2v) is 2.48. The van der Waals surface area contributed by atoms with Crippen molar-refractivity contribution in [1.82, 2.24) is 5.16 Å². The average molecular weight is 171 g/mol. The largest absolute Gasteiger partial charge is 0.400 e. The second kappa shape index (κ2) is 3.96.